The first-order valence-corrected chi connectivity index (χ1v) is 7.90. The predicted octanol–water partition coefficient (Wildman–Crippen LogP) is 2.89. The minimum atomic E-state index is 0.226. The predicted molar refractivity (Wildman–Crippen MR) is 89.8 cm³/mol. The Hall–Kier alpha value is -2.14. The minimum Gasteiger partial charge on any atom is -0.396 e. The molecule has 2 aromatic heterocycles. The zero-order chi connectivity index (χ0) is 15.5. The van der Waals surface area contributed by atoms with Crippen LogP contribution in [0.3, 0.4) is 0 Å². The molecule has 0 radical (unpaired) electrons. The van der Waals surface area contributed by atoms with E-state index in [2.05, 4.69) is 22.7 Å². The van der Waals surface area contributed by atoms with Gasteiger partial charge in [0, 0.05) is 29.6 Å². The number of para-hydroxylation sites is 1. The Balaban J connectivity index is 2.24. The lowest BCUT2D eigenvalue weighted by atomic mass is 10.1. The van der Waals surface area contributed by atoms with E-state index in [0.717, 1.165) is 54.0 Å². The molecular weight excluding hydrogens is 276 g/mol. The lowest BCUT2D eigenvalue weighted by Gasteiger charge is -2.07. The fourth-order valence-corrected chi connectivity index (χ4v) is 2.98. The third-order valence-corrected chi connectivity index (χ3v) is 3.97. The average molecular weight is 298 g/mol. The second kappa shape index (κ2) is 6.32. The summed E-state index contributed by atoms with van der Waals surface area (Å²) in [5.74, 6) is 0.493. The Morgan fingerprint density at radius 3 is 2.82 bits per heavy atom. The van der Waals surface area contributed by atoms with Crippen LogP contribution in [0.25, 0.3) is 21.8 Å². The summed E-state index contributed by atoms with van der Waals surface area (Å²) >= 11 is 0. The van der Waals surface area contributed by atoms with Crippen molar-refractivity contribution in [1.29, 1.82) is 0 Å². The van der Waals surface area contributed by atoms with Gasteiger partial charge < -0.3 is 10.8 Å². The topological polar surface area (TPSA) is 77.0 Å². The fourth-order valence-electron chi connectivity index (χ4n) is 2.98. The van der Waals surface area contributed by atoms with Crippen LogP contribution in [0.1, 0.15) is 31.9 Å². The van der Waals surface area contributed by atoms with Gasteiger partial charge in [-0.05, 0) is 31.7 Å². The lowest BCUT2D eigenvalue weighted by molar-refractivity contribution is 0.284. The summed E-state index contributed by atoms with van der Waals surface area (Å²) in [5, 5.41) is 16.0. The van der Waals surface area contributed by atoms with Gasteiger partial charge in [-0.2, -0.15) is 5.10 Å². The van der Waals surface area contributed by atoms with Gasteiger partial charge in [0.2, 0.25) is 0 Å². The Labute approximate surface area is 129 Å². The van der Waals surface area contributed by atoms with Gasteiger partial charge in [0.1, 0.15) is 5.52 Å². The monoisotopic (exact) mass is 298 g/mol. The van der Waals surface area contributed by atoms with Gasteiger partial charge in [-0.1, -0.05) is 25.1 Å². The number of pyridine rings is 1. The number of nitrogens with two attached hydrogens (primary N) is 1. The number of unbranched alkanes of at least 4 members (excludes halogenated alkanes) is 1. The highest BCUT2D eigenvalue weighted by molar-refractivity contribution is 6.09. The first kappa shape index (κ1) is 14.8. The van der Waals surface area contributed by atoms with E-state index in [-0.39, 0.29) is 6.61 Å². The van der Waals surface area contributed by atoms with Crippen LogP contribution in [-0.4, -0.2) is 26.5 Å². The maximum Gasteiger partial charge on any atom is 0.152 e. The van der Waals surface area contributed by atoms with Crippen LogP contribution in [0.15, 0.2) is 24.3 Å². The molecular formula is C17H22N4O. The molecule has 1 aromatic carbocycles. The number of aromatic nitrogens is 3. The molecule has 0 aliphatic carbocycles. The van der Waals surface area contributed by atoms with Crippen LogP contribution in [0.4, 0.5) is 5.82 Å². The number of anilines is 1. The zero-order valence-corrected chi connectivity index (χ0v) is 12.9. The van der Waals surface area contributed by atoms with Crippen LogP contribution >= 0.6 is 0 Å². The third-order valence-electron chi connectivity index (χ3n) is 3.97. The lowest BCUT2D eigenvalue weighted by Crippen LogP contribution is -2.05. The largest absolute Gasteiger partial charge is 0.396 e. The number of rotatable bonds is 6. The molecule has 3 N–H and O–H groups in total. The van der Waals surface area contributed by atoms with Crippen molar-refractivity contribution in [2.24, 2.45) is 0 Å². The van der Waals surface area contributed by atoms with E-state index in [1.165, 1.54) is 5.69 Å². The molecule has 0 saturated heterocycles. The van der Waals surface area contributed by atoms with E-state index in [0.29, 0.717) is 5.82 Å². The number of aliphatic hydroxyl groups excluding tert-OH is 1. The number of fused-ring (bicyclic) bond motifs is 3. The number of hydrogen-bond donors (Lipinski definition) is 2. The van der Waals surface area contributed by atoms with Gasteiger partial charge in [-0.3, -0.25) is 4.68 Å². The number of aliphatic hydroxyl groups is 1. The number of benzene rings is 1. The Morgan fingerprint density at radius 1 is 1.23 bits per heavy atom. The number of aryl methyl sites for hydroxylation is 2. The summed E-state index contributed by atoms with van der Waals surface area (Å²) < 4.78 is 2.06. The van der Waals surface area contributed by atoms with Gasteiger partial charge in [0.05, 0.1) is 5.52 Å². The summed E-state index contributed by atoms with van der Waals surface area (Å²) in [6, 6.07) is 8.06. The normalized spacial score (nSPS) is 11.5. The number of nitrogens with zero attached hydrogens (tertiary/aromatic N) is 3. The highest BCUT2D eigenvalue weighted by Gasteiger charge is 2.16. The molecule has 0 atom stereocenters. The minimum absolute atomic E-state index is 0.226. The van der Waals surface area contributed by atoms with Crippen molar-refractivity contribution in [2.75, 3.05) is 12.3 Å². The maximum absolute atomic E-state index is 9.04. The van der Waals surface area contributed by atoms with E-state index < -0.39 is 0 Å². The quantitative estimate of drug-likeness (QED) is 0.686. The molecule has 0 aliphatic rings. The molecule has 22 heavy (non-hydrogen) atoms. The first-order valence-electron chi connectivity index (χ1n) is 7.90. The van der Waals surface area contributed by atoms with Crippen LogP contribution in [-0.2, 0) is 13.0 Å². The molecule has 2 heterocycles. The molecule has 3 rings (SSSR count). The summed E-state index contributed by atoms with van der Waals surface area (Å²) in [5.41, 5.74) is 9.04. The fraction of sp³-hybridized carbons (Fsp3) is 0.412. The van der Waals surface area contributed by atoms with E-state index in [9.17, 15) is 0 Å². The van der Waals surface area contributed by atoms with E-state index >= 15 is 0 Å². The van der Waals surface area contributed by atoms with Crippen molar-refractivity contribution in [3.05, 3.63) is 30.0 Å². The Morgan fingerprint density at radius 2 is 2.05 bits per heavy atom. The molecule has 0 saturated carbocycles. The second-order valence-electron chi connectivity index (χ2n) is 5.59. The zero-order valence-electron chi connectivity index (χ0n) is 12.9. The van der Waals surface area contributed by atoms with Crippen LogP contribution < -0.4 is 5.73 Å². The van der Waals surface area contributed by atoms with Crippen LogP contribution in [0, 0.1) is 0 Å². The van der Waals surface area contributed by atoms with Crippen molar-refractivity contribution < 1.29 is 5.11 Å². The van der Waals surface area contributed by atoms with Crippen molar-refractivity contribution in [2.45, 2.75) is 39.2 Å². The molecule has 0 amide bonds. The van der Waals surface area contributed by atoms with Gasteiger partial charge in [0.25, 0.3) is 0 Å². The third kappa shape index (κ3) is 2.52. The summed E-state index contributed by atoms with van der Waals surface area (Å²) in [6.45, 7) is 3.24. The smallest absolute Gasteiger partial charge is 0.152 e. The van der Waals surface area contributed by atoms with Gasteiger partial charge >= 0.3 is 0 Å². The van der Waals surface area contributed by atoms with E-state index in [1.54, 1.807) is 0 Å². The maximum atomic E-state index is 9.04. The molecule has 0 spiro atoms. The molecule has 0 aliphatic heterocycles. The number of hydrogen-bond acceptors (Lipinski definition) is 4. The summed E-state index contributed by atoms with van der Waals surface area (Å²) in [6.07, 6.45) is 3.66. The summed E-state index contributed by atoms with van der Waals surface area (Å²) in [7, 11) is 0. The van der Waals surface area contributed by atoms with Gasteiger partial charge in [0.15, 0.2) is 5.82 Å². The van der Waals surface area contributed by atoms with Crippen molar-refractivity contribution in [3.8, 4) is 0 Å². The SMILES string of the molecule is CCCn1nc2c(N)nc3ccccc3c2c1CCCCO. The number of nitrogen functional groups attached to an aromatic ring is 1. The molecule has 116 valence electrons. The standard InChI is InChI=1S/C17H22N4O/c1-2-10-21-14(9-5-6-11-22)15-12-7-3-4-8-13(12)19-17(18)16(15)20-21/h3-4,7-8,22H,2,5-6,9-11H2,1H3,(H2,18,19). The molecule has 3 aromatic rings. The second-order valence-corrected chi connectivity index (χ2v) is 5.59. The Kier molecular flexibility index (Phi) is 4.24. The Bertz CT molecular complexity index is 794. The average Bonchev–Trinajstić information content (AvgIpc) is 2.88. The van der Waals surface area contributed by atoms with Crippen LogP contribution in [0.2, 0.25) is 0 Å². The van der Waals surface area contributed by atoms with Gasteiger partial charge in [-0.25, -0.2) is 4.98 Å². The molecule has 0 unspecified atom stereocenters. The first-order chi connectivity index (χ1) is 10.8. The van der Waals surface area contributed by atoms with Crippen LogP contribution in [0.5, 0.6) is 0 Å². The molecule has 0 bridgehead atoms. The van der Waals surface area contributed by atoms with Crippen molar-refractivity contribution >= 4 is 27.6 Å². The van der Waals surface area contributed by atoms with Gasteiger partial charge in [-0.15, -0.1) is 0 Å². The van der Waals surface area contributed by atoms with Crippen molar-refractivity contribution in [1.82, 2.24) is 14.8 Å². The van der Waals surface area contributed by atoms with Crippen molar-refractivity contribution in [3.63, 3.8) is 0 Å². The highest BCUT2D eigenvalue weighted by Crippen LogP contribution is 2.31. The molecule has 5 heteroatoms. The van der Waals surface area contributed by atoms with E-state index in [1.807, 2.05) is 18.2 Å². The van der Waals surface area contributed by atoms with E-state index in [4.69, 9.17) is 15.9 Å². The molecule has 0 fully saturated rings. The highest BCUT2D eigenvalue weighted by atomic mass is 16.2. The molecule has 5 nitrogen and oxygen atoms in total. The summed E-state index contributed by atoms with van der Waals surface area (Å²) in [4.78, 5) is 4.48.